The van der Waals surface area contributed by atoms with Crippen molar-refractivity contribution >= 4 is 5.78 Å². The Morgan fingerprint density at radius 2 is 1.50 bits per heavy atom. The lowest BCUT2D eigenvalue weighted by Crippen LogP contribution is -2.10. The van der Waals surface area contributed by atoms with Gasteiger partial charge in [-0.1, -0.05) is 36.4 Å². The largest absolute Gasteiger partial charge is 0.489 e. The zero-order chi connectivity index (χ0) is 19.8. The van der Waals surface area contributed by atoms with E-state index >= 15 is 0 Å². The molecular weight excluding hydrogens is 352 g/mol. The second kappa shape index (κ2) is 9.02. The van der Waals surface area contributed by atoms with Gasteiger partial charge in [0.15, 0.2) is 11.7 Å². The molecular formula is C23H16N2O3. The van der Waals surface area contributed by atoms with Gasteiger partial charge in [-0.25, -0.2) is 0 Å². The molecule has 0 bridgehead atoms. The average molecular weight is 368 g/mol. The minimum absolute atomic E-state index is 0.292. The maximum Gasteiger partial charge on any atom is 0.195 e. The maximum absolute atomic E-state index is 12.0. The summed E-state index contributed by atoms with van der Waals surface area (Å²) in [5.74, 6) is -0.0177. The second-order valence-corrected chi connectivity index (χ2v) is 5.93. The van der Waals surface area contributed by atoms with Crippen LogP contribution in [0.1, 0.15) is 15.9 Å². The third kappa shape index (κ3) is 4.75. The van der Waals surface area contributed by atoms with Crippen LogP contribution < -0.4 is 9.47 Å². The van der Waals surface area contributed by atoms with Gasteiger partial charge in [0.25, 0.3) is 0 Å². The van der Waals surface area contributed by atoms with Gasteiger partial charge in [0.2, 0.25) is 0 Å². The summed E-state index contributed by atoms with van der Waals surface area (Å²) >= 11 is 0. The van der Waals surface area contributed by atoms with Crippen molar-refractivity contribution in [1.29, 1.82) is 10.5 Å². The fourth-order valence-corrected chi connectivity index (χ4v) is 2.50. The van der Waals surface area contributed by atoms with Gasteiger partial charge in [-0.2, -0.15) is 10.5 Å². The number of carbonyl (C=O) groups is 1. The number of hydrogen-bond donors (Lipinski definition) is 0. The van der Waals surface area contributed by atoms with Crippen LogP contribution >= 0.6 is 0 Å². The van der Waals surface area contributed by atoms with Gasteiger partial charge in [0, 0.05) is 11.6 Å². The average Bonchev–Trinajstić information content (AvgIpc) is 2.75. The second-order valence-electron chi connectivity index (χ2n) is 5.93. The van der Waals surface area contributed by atoms with E-state index in [-0.39, 0.29) is 0 Å². The number of rotatable bonds is 7. The highest BCUT2D eigenvalue weighted by Crippen LogP contribution is 2.26. The smallest absolute Gasteiger partial charge is 0.195 e. The number of nitrogens with zero attached hydrogens (tertiary/aromatic N) is 2. The summed E-state index contributed by atoms with van der Waals surface area (Å²) in [6.45, 7) is 0.458. The molecule has 28 heavy (non-hydrogen) atoms. The van der Waals surface area contributed by atoms with E-state index in [1.165, 1.54) is 12.1 Å². The molecule has 0 spiro atoms. The van der Waals surface area contributed by atoms with Crippen LogP contribution in [0.25, 0.3) is 0 Å². The van der Waals surface area contributed by atoms with Crippen LogP contribution in [0.2, 0.25) is 0 Å². The maximum atomic E-state index is 12.0. The lowest BCUT2D eigenvalue weighted by molar-refractivity contribution is 0.0971. The van der Waals surface area contributed by atoms with E-state index in [0.717, 1.165) is 5.56 Å². The van der Waals surface area contributed by atoms with Crippen molar-refractivity contribution in [3.05, 3.63) is 90.0 Å². The monoisotopic (exact) mass is 368 g/mol. The molecule has 0 saturated heterocycles. The van der Waals surface area contributed by atoms with Crippen LogP contribution in [0.15, 0.2) is 78.9 Å². The molecule has 5 nitrogen and oxygen atoms in total. The summed E-state index contributed by atoms with van der Waals surface area (Å²) in [7, 11) is 0. The third-order valence-electron chi connectivity index (χ3n) is 3.95. The molecule has 3 aromatic rings. The van der Waals surface area contributed by atoms with Crippen LogP contribution in [0.3, 0.4) is 0 Å². The van der Waals surface area contributed by atoms with Crippen molar-refractivity contribution in [2.75, 3.05) is 0 Å². The van der Waals surface area contributed by atoms with E-state index in [1.54, 1.807) is 36.4 Å². The quantitative estimate of drug-likeness (QED) is 0.554. The Hall–Kier alpha value is -4.09. The van der Waals surface area contributed by atoms with Gasteiger partial charge in [0.05, 0.1) is 12.1 Å². The minimum atomic E-state index is -1.30. The summed E-state index contributed by atoms with van der Waals surface area (Å²) in [6, 6.07) is 26.8. The molecule has 0 atom stereocenters. The van der Waals surface area contributed by atoms with Crippen LogP contribution in [0.5, 0.6) is 17.2 Å². The Morgan fingerprint density at radius 1 is 0.821 bits per heavy atom. The van der Waals surface area contributed by atoms with Gasteiger partial charge in [-0.15, -0.1) is 0 Å². The molecule has 0 amide bonds. The Morgan fingerprint density at radius 3 is 2.18 bits per heavy atom. The van der Waals surface area contributed by atoms with Gasteiger partial charge in [-0.05, 0) is 42.0 Å². The number of carbonyl (C=O) groups excluding carboxylic acids is 1. The number of ether oxygens (including phenoxy) is 2. The highest BCUT2D eigenvalue weighted by Gasteiger charge is 2.18. The van der Waals surface area contributed by atoms with E-state index in [9.17, 15) is 4.79 Å². The first-order valence-electron chi connectivity index (χ1n) is 8.58. The van der Waals surface area contributed by atoms with Crippen LogP contribution in [0.4, 0.5) is 0 Å². The standard InChI is InChI=1S/C23H16N2O3/c24-14-19(15-25)23(26)18-9-11-20(12-10-18)28-22-8-4-7-21(13-22)27-16-17-5-2-1-3-6-17/h1-13,19H,16H2. The summed E-state index contributed by atoms with van der Waals surface area (Å²) in [4.78, 5) is 12.0. The van der Waals surface area contributed by atoms with Crippen molar-refractivity contribution in [3.8, 4) is 29.4 Å². The molecule has 5 heteroatoms. The van der Waals surface area contributed by atoms with E-state index in [2.05, 4.69) is 0 Å². The van der Waals surface area contributed by atoms with E-state index < -0.39 is 11.7 Å². The number of nitriles is 2. The SMILES string of the molecule is N#CC(C#N)C(=O)c1ccc(Oc2cccc(OCc3ccccc3)c2)cc1. The van der Waals surface area contributed by atoms with Crippen LogP contribution in [-0.2, 0) is 6.61 Å². The molecule has 0 aliphatic heterocycles. The fourth-order valence-electron chi connectivity index (χ4n) is 2.50. The Labute approximate surface area is 163 Å². The highest BCUT2D eigenvalue weighted by molar-refractivity contribution is 6.01. The number of Topliss-reactive ketones (excluding diaryl/α,β-unsaturated/α-hetero) is 1. The molecule has 0 heterocycles. The van der Waals surface area contributed by atoms with Gasteiger partial charge >= 0.3 is 0 Å². The van der Waals surface area contributed by atoms with Crippen molar-refractivity contribution in [1.82, 2.24) is 0 Å². The number of ketones is 1. The molecule has 0 fully saturated rings. The fraction of sp³-hybridized carbons (Fsp3) is 0.0870. The molecule has 136 valence electrons. The highest BCUT2D eigenvalue weighted by atomic mass is 16.5. The van der Waals surface area contributed by atoms with Crippen molar-refractivity contribution in [2.45, 2.75) is 6.61 Å². The Balaban J connectivity index is 1.65. The molecule has 3 aromatic carbocycles. The van der Waals surface area contributed by atoms with Crippen molar-refractivity contribution in [3.63, 3.8) is 0 Å². The van der Waals surface area contributed by atoms with Crippen molar-refractivity contribution in [2.24, 2.45) is 5.92 Å². The molecule has 0 unspecified atom stereocenters. The predicted molar refractivity (Wildman–Crippen MR) is 103 cm³/mol. The lowest BCUT2D eigenvalue weighted by atomic mass is 10.0. The molecule has 0 aromatic heterocycles. The molecule has 3 rings (SSSR count). The summed E-state index contributed by atoms with van der Waals surface area (Å²) in [6.07, 6.45) is 0. The Bertz CT molecular complexity index is 1020. The van der Waals surface area contributed by atoms with Crippen molar-refractivity contribution < 1.29 is 14.3 Å². The molecule has 0 saturated carbocycles. The first kappa shape index (κ1) is 18.7. The van der Waals surface area contributed by atoms with Gasteiger partial charge in [0.1, 0.15) is 23.9 Å². The third-order valence-corrected chi connectivity index (χ3v) is 3.95. The summed E-state index contributed by atoms with van der Waals surface area (Å²) in [5, 5.41) is 17.6. The minimum Gasteiger partial charge on any atom is -0.489 e. The molecule has 0 aliphatic rings. The predicted octanol–water partition coefficient (Wildman–Crippen LogP) is 4.90. The zero-order valence-electron chi connectivity index (χ0n) is 14.9. The lowest BCUT2D eigenvalue weighted by Gasteiger charge is -2.10. The van der Waals surface area contributed by atoms with E-state index in [4.69, 9.17) is 20.0 Å². The van der Waals surface area contributed by atoms with Gasteiger partial charge < -0.3 is 9.47 Å². The summed E-state index contributed by atoms with van der Waals surface area (Å²) in [5.41, 5.74) is 1.36. The van der Waals surface area contributed by atoms with Crippen LogP contribution in [0, 0.1) is 28.6 Å². The first-order chi connectivity index (χ1) is 13.7. The zero-order valence-corrected chi connectivity index (χ0v) is 14.9. The Kier molecular flexibility index (Phi) is 6.02. The van der Waals surface area contributed by atoms with E-state index in [1.807, 2.05) is 42.5 Å². The molecule has 0 aliphatic carbocycles. The van der Waals surface area contributed by atoms with Crippen LogP contribution in [-0.4, -0.2) is 5.78 Å². The summed E-state index contributed by atoms with van der Waals surface area (Å²) < 4.78 is 11.6. The topological polar surface area (TPSA) is 83.1 Å². The molecule has 0 N–H and O–H groups in total. The normalized spacial score (nSPS) is 9.96. The van der Waals surface area contributed by atoms with Gasteiger partial charge in [-0.3, -0.25) is 4.79 Å². The molecule has 0 radical (unpaired) electrons. The van der Waals surface area contributed by atoms with E-state index in [0.29, 0.717) is 29.4 Å². The number of hydrogen-bond acceptors (Lipinski definition) is 5. The first-order valence-corrected chi connectivity index (χ1v) is 8.58. The number of benzene rings is 3.